The van der Waals surface area contributed by atoms with Gasteiger partial charge in [0.1, 0.15) is 0 Å². The molecule has 7 rings (SSSR count). The molecule has 0 aromatic carbocycles. The molecular formula is C41H40N2. The lowest BCUT2D eigenvalue weighted by atomic mass is 9.65. The van der Waals surface area contributed by atoms with Crippen molar-refractivity contribution in [2.24, 2.45) is 23.7 Å². The number of hydrogen-bond acceptors (Lipinski definition) is 2. The normalized spacial score (nSPS) is 29.4. The van der Waals surface area contributed by atoms with Crippen molar-refractivity contribution in [3.8, 4) is 6.07 Å². The van der Waals surface area contributed by atoms with E-state index in [1.807, 2.05) is 0 Å². The molecule has 4 unspecified atom stereocenters. The third kappa shape index (κ3) is 5.06. The highest BCUT2D eigenvalue weighted by Crippen LogP contribution is 2.49. The third-order valence-corrected chi connectivity index (χ3v) is 10.7. The van der Waals surface area contributed by atoms with Gasteiger partial charge in [-0.2, -0.15) is 5.26 Å². The van der Waals surface area contributed by atoms with Crippen molar-refractivity contribution in [2.45, 2.75) is 58.3 Å². The van der Waals surface area contributed by atoms with Crippen LogP contribution in [0.25, 0.3) is 0 Å². The molecule has 7 aliphatic rings. The Morgan fingerprint density at radius 2 is 1.40 bits per heavy atom. The second-order valence-corrected chi connectivity index (χ2v) is 13.0. The van der Waals surface area contributed by atoms with E-state index in [-0.39, 0.29) is 11.8 Å². The van der Waals surface area contributed by atoms with Crippen LogP contribution in [0.5, 0.6) is 0 Å². The fraction of sp³-hybridized carbons (Fsp3) is 0.317. The van der Waals surface area contributed by atoms with Gasteiger partial charge in [0.25, 0.3) is 0 Å². The van der Waals surface area contributed by atoms with E-state index in [2.05, 4.69) is 92.0 Å². The van der Waals surface area contributed by atoms with E-state index >= 15 is 0 Å². The lowest BCUT2D eigenvalue weighted by molar-refractivity contribution is 0.543. The van der Waals surface area contributed by atoms with Gasteiger partial charge in [0.15, 0.2) is 0 Å². The van der Waals surface area contributed by atoms with Crippen LogP contribution >= 0.6 is 0 Å². The predicted octanol–water partition coefficient (Wildman–Crippen LogP) is 10.2. The third-order valence-electron chi connectivity index (χ3n) is 10.7. The first-order chi connectivity index (χ1) is 21.0. The van der Waals surface area contributed by atoms with Crippen LogP contribution in [0, 0.1) is 40.4 Å². The number of allylic oxidation sites excluding steroid dienone is 25. The molecule has 0 radical (unpaired) electrons. The van der Waals surface area contributed by atoms with Gasteiger partial charge in [-0.25, -0.2) is 0 Å². The van der Waals surface area contributed by atoms with Crippen molar-refractivity contribution in [1.82, 2.24) is 0 Å². The van der Waals surface area contributed by atoms with Crippen LogP contribution in [-0.4, -0.2) is 6.21 Å². The van der Waals surface area contributed by atoms with E-state index in [0.29, 0.717) is 11.8 Å². The van der Waals surface area contributed by atoms with Gasteiger partial charge >= 0.3 is 0 Å². The minimum absolute atomic E-state index is 0.229. The molecule has 0 aromatic rings. The summed E-state index contributed by atoms with van der Waals surface area (Å²) >= 11 is 0. The van der Waals surface area contributed by atoms with E-state index in [1.165, 1.54) is 61.9 Å². The number of fused-ring (bicyclic) bond motifs is 1. The fourth-order valence-electron chi connectivity index (χ4n) is 8.22. The van der Waals surface area contributed by atoms with Crippen LogP contribution in [0.2, 0.25) is 0 Å². The first kappa shape index (κ1) is 27.6. The molecule has 0 amide bonds. The van der Waals surface area contributed by atoms with Gasteiger partial charge in [0.2, 0.25) is 0 Å². The molecule has 4 atom stereocenters. The van der Waals surface area contributed by atoms with Crippen molar-refractivity contribution < 1.29 is 0 Å². The molecule has 0 spiro atoms. The van der Waals surface area contributed by atoms with E-state index < -0.39 is 0 Å². The second-order valence-electron chi connectivity index (χ2n) is 13.0. The largest absolute Gasteiger partial charge is 0.308 e. The molecule has 214 valence electrons. The van der Waals surface area contributed by atoms with Crippen molar-refractivity contribution in [3.05, 3.63) is 152 Å². The zero-order chi connectivity index (χ0) is 29.5. The number of nitrogens with one attached hydrogen (secondary N) is 1. The Bertz CT molecular complexity index is 1720. The summed E-state index contributed by atoms with van der Waals surface area (Å²) in [5.74, 6) is 1.25. The Morgan fingerprint density at radius 1 is 0.744 bits per heavy atom. The number of nitriles is 1. The molecule has 0 aliphatic heterocycles. The smallest absolute Gasteiger partial charge is 0.0947 e. The number of hydrogen-bond donors (Lipinski definition) is 1. The van der Waals surface area contributed by atoms with E-state index in [1.54, 1.807) is 0 Å². The Balaban J connectivity index is 1.24. The van der Waals surface area contributed by atoms with Crippen LogP contribution in [0.4, 0.5) is 0 Å². The number of nitrogens with zero attached hydrogens (tertiary/aromatic N) is 1. The molecule has 0 saturated heterocycles. The van der Waals surface area contributed by atoms with Gasteiger partial charge in [0.05, 0.1) is 6.07 Å². The van der Waals surface area contributed by atoms with Gasteiger partial charge in [0, 0.05) is 35.5 Å². The molecule has 2 heteroatoms. The summed E-state index contributed by atoms with van der Waals surface area (Å²) in [6, 6.07) is 2.37. The van der Waals surface area contributed by atoms with Crippen LogP contribution in [-0.2, 0) is 0 Å². The zero-order valence-electron chi connectivity index (χ0n) is 25.2. The number of rotatable bonds is 5. The van der Waals surface area contributed by atoms with Gasteiger partial charge < -0.3 is 5.41 Å². The molecule has 0 saturated carbocycles. The highest BCUT2D eigenvalue weighted by Gasteiger charge is 2.36. The van der Waals surface area contributed by atoms with E-state index in [0.717, 1.165) is 62.5 Å². The highest BCUT2D eigenvalue weighted by atomic mass is 14.4. The molecule has 1 N–H and O–H groups in total. The molecule has 0 heterocycles. The molecular weight excluding hydrogens is 520 g/mol. The first-order valence-corrected chi connectivity index (χ1v) is 16.0. The van der Waals surface area contributed by atoms with E-state index in [9.17, 15) is 5.26 Å². The monoisotopic (exact) mass is 560 g/mol. The molecule has 0 aromatic heterocycles. The summed E-state index contributed by atoms with van der Waals surface area (Å²) in [6.07, 6.45) is 39.8. The maximum atomic E-state index is 9.39. The predicted molar refractivity (Wildman–Crippen MR) is 178 cm³/mol. The lowest BCUT2D eigenvalue weighted by Gasteiger charge is -2.39. The molecule has 7 aliphatic carbocycles. The molecule has 0 bridgehead atoms. The topological polar surface area (TPSA) is 47.6 Å². The van der Waals surface area contributed by atoms with Gasteiger partial charge in [-0.3, -0.25) is 0 Å². The summed E-state index contributed by atoms with van der Waals surface area (Å²) < 4.78 is 0. The Morgan fingerprint density at radius 3 is 2.21 bits per heavy atom. The molecule has 0 fully saturated rings. The summed E-state index contributed by atoms with van der Waals surface area (Å²) in [6.45, 7) is 7.09. The minimum Gasteiger partial charge on any atom is -0.308 e. The summed E-state index contributed by atoms with van der Waals surface area (Å²) in [4.78, 5) is 0. The Labute approximate surface area is 256 Å². The second kappa shape index (κ2) is 11.5. The minimum atomic E-state index is 0.229. The van der Waals surface area contributed by atoms with Crippen molar-refractivity contribution in [1.29, 1.82) is 10.7 Å². The van der Waals surface area contributed by atoms with Crippen molar-refractivity contribution >= 4 is 6.21 Å². The van der Waals surface area contributed by atoms with Gasteiger partial charge in [-0.1, -0.05) is 85.1 Å². The van der Waals surface area contributed by atoms with Gasteiger partial charge in [-0.05, 0) is 120 Å². The quantitative estimate of drug-likeness (QED) is 0.334. The van der Waals surface area contributed by atoms with Crippen molar-refractivity contribution in [3.63, 3.8) is 0 Å². The SMILES string of the molecule is C=C(C1=CC2=C(C=C(C#N)CC2)CC1)C1C=CC=CC1C1=C(C)C2C=CC=CC2C(C2=CC3=C(C=C(C=N)CC3)CC2)=C1. The van der Waals surface area contributed by atoms with Crippen LogP contribution in [0.1, 0.15) is 58.3 Å². The lowest BCUT2D eigenvalue weighted by Crippen LogP contribution is -2.27. The zero-order valence-corrected chi connectivity index (χ0v) is 25.2. The Kier molecular flexibility index (Phi) is 7.36. The van der Waals surface area contributed by atoms with Crippen molar-refractivity contribution in [2.75, 3.05) is 0 Å². The van der Waals surface area contributed by atoms with Gasteiger partial charge in [-0.15, -0.1) is 0 Å². The van der Waals surface area contributed by atoms with Crippen LogP contribution in [0.15, 0.2) is 152 Å². The summed E-state index contributed by atoms with van der Waals surface area (Å²) in [7, 11) is 0. The summed E-state index contributed by atoms with van der Waals surface area (Å²) in [5.41, 5.74) is 16.2. The van der Waals surface area contributed by atoms with E-state index in [4.69, 9.17) is 12.0 Å². The summed E-state index contributed by atoms with van der Waals surface area (Å²) in [5, 5.41) is 17.1. The average Bonchev–Trinajstić information content (AvgIpc) is 3.07. The standard InChI is InChI=1S/C41H40N2/c1-26(30-15-16-31-19-28(24-42)11-13-33(31)21-30)36-7-3-5-9-38(36)40-23-41(39-10-6-4-8-37(39)27(40)2)35-18-17-32-20-29(25-43)12-14-34(32)22-35/h3-10,19-23,25,36-39,43H,1,11-18H2,2H3. The Hall–Kier alpha value is -4.22. The average molecular weight is 561 g/mol. The molecule has 2 nitrogen and oxygen atoms in total. The highest BCUT2D eigenvalue weighted by molar-refractivity contribution is 5.78. The van der Waals surface area contributed by atoms with Crippen LogP contribution in [0.3, 0.4) is 0 Å². The maximum absolute atomic E-state index is 9.39. The van der Waals surface area contributed by atoms with Crippen LogP contribution < -0.4 is 0 Å². The fourth-order valence-corrected chi connectivity index (χ4v) is 8.22. The first-order valence-electron chi connectivity index (χ1n) is 16.0. The maximum Gasteiger partial charge on any atom is 0.0947 e. The molecule has 43 heavy (non-hydrogen) atoms.